The molecule has 0 aliphatic carbocycles. The summed E-state index contributed by atoms with van der Waals surface area (Å²) in [6, 6.07) is 9.64. The van der Waals surface area contributed by atoms with Crippen LogP contribution in [0.3, 0.4) is 0 Å². The Balaban J connectivity index is 1.73. The van der Waals surface area contributed by atoms with Crippen molar-refractivity contribution in [3.05, 3.63) is 35.9 Å². The Bertz CT molecular complexity index is 561. The molecule has 1 aromatic rings. The molecule has 1 aromatic carbocycles. The fourth-order valence-electron chi connectivity index (χ4n) is 3.11. The van der Waals surface area contributed by atoms with Crippen molar-refractivity contribution in [3.8, 4) is 0 Å². The third-order valence-electron chi connectivity index (χ3n) is 4.34. The van der Waals surface area contributed by atoms with Gasteiger partial charge in [-0.1, -0.05) is 37.3 Å². The first-order chi connectivity index (χ1) is 11.6. The van der Waals surface area contributed by atoms with E-state index in [1.54, 1.807) is 0 Å². The second-order valence-corrected chi connectivity index (χ2v) is 7.51. The zero-order valence-corrected chi connectivity index (χ0v) is 14.8. The van der Waals surface area contributed by atoms with Crippen molar-refractivity contribution in [2.45, 2.75) is 51.1 Å². The summed E-state index contributed by atoms with van der Waals surface area (Å²) in [5, 5.41) is 0. The number of rotatable bonds is 5. The standard InChI is InChI=1S/C17H23FNO4P/c1-3-14-15(9-12(2)21-14)22-24-19(17(20)10-18)11-16(23-24)13-7-5-4-6-8-13/h4-8,12,14-16H,3,9-11H2,1-2H3/t12-,14+,15?,16?,24?/m0/s1. The van der Waals surface area contributed by atoms with E-state index in [4.69, 9.17) is 13.8 Å². The molecule has 24 heavy (non-hydrogen) atoms. The van der Waals surface area contributed by atoms with E-state index in [0.717, 1.165) is 18.4 Å². The van der Waals surface area contributed by atoms with Gasteiger partial charge in [0.05, 0.1) is 24.9 Å². The van der Waals surface area contributed by atoms with Crippen molar-refractivity contribution in [3.63, 3.8) is 0 Å². The molecule has 5 atom stereocenters. The Labute approximate surface area is 143 Å². The number of carbonyl (C=O) groups excluding carboxylic acids is 1. The van der Waals surface area contributed by atoms with Crippen LogP contribution in [0.4, 0.5) is 4.39 Å². The lowest BCUT2D eigenvalue weighted by atomic mass is 10.1. The number of carbonyl (C=O) groups is 1. The van der Waals surface area contributed by atoms with E-state index in [1.807, 2.05) is 44.2 Å². The molecular formula is C17H23FNO4P. The second-order valence-electron chi connectivity index (χ2n) is 6.13. The van der Waals surface area contributed by atoms with Crippen molar-refractivity contribution in [2.75, 3.05) is 13.2 Å². The summed E-state index contributed by atoms with van der Waals surface area (Å²) in [6.45, 7) is 3.32. The van der Waals surface area contributed by atoms with Crippen LogP contribution in [0.1, 0.15) is 38.4 Å². The predicted octanol–water partition coefficient (Wildman–Crippen LogP) is 3.76. The minimum atomic E-state index is -1.62. The maximum absolute atomic E-state index is 12.9. The summed E-state index contributed by atoms with van der Waals surface area (Å²) in [5.74, 6) is -0.584. The first kappa shape index (κ1) is 17.7. The molecule has 132 valence electrons. The van der Waals surface area contributed by atoms with Gasteiger partial charge in [0.1, 0.15) is 6.10 Å². The highest BCUT2D eigenvalue weighted by Crippen LogP contribution is 2.55. The molecular weight excluding hydrogens is 332 g/mol. The fraction of sp³-hybridized carbons (Fsp3) is 0.588. The first-order valence-corrected chi connectivity index (χ1v) is 9.45. The van der Waals surface area contributed by atoms with Crippen molar-refractivity contribution >= 4 is 14.4 Å². The van der Waals surface area contributed by atoms with Gasteiger partial charge in [-0.15, -0.1) is 0 Å². The summed E-state index contributed by atoms with van der Waals surface area (Å²) in [6.07, 6.45) is 1.29. The number of benzene rings is 1. The molecule has 1 amide bonds. The van der Waals surface area contributed by atoms with Crippen molar-refractivity contribution in [1.82, 2.24) is 4.67 Å². The quantitative estimate of drug-likeness (QED) is 0.755. The zero-order chi connectivity index (χ0) is 17.1. The van der Waals surface area contributed by atoms with Crippen LogP contribution < -0.4 is 0 Å². The molecule has 3 rings (SSSR count). The van der Waals surface area contributed by atoms with E-state index in [9.17, 15) is 9.18 Å². The summed E-state index contributed by atoms with van der Waals surface area (Å²) in [5.41, 5.74) is 0.964. The SMILES string of the molecule is CC[C@H]1O[C@@H](C)CC1OP1OC(c2ccccc2)CN1C(=O)CF. The van der Waals surface area contributed by atoms with E-state index >= 15 is 0 Å². The largest absolute Gasteiger partial charge is 0.372 e. The Hall–Kier alpha value is -1.07. The lowest BCUT2D eigenvalue weighted by Gasteiger charge is -2.25. The molecule has 2 aliphatic heterocycles. The molecule has 0 saturated carbocycles. The number of ether oxygens (including phenoxy) is 1. The summed E-state index contributed by atoms with van der Waals surface area (Å²) >= 11 is 0. The molecule has 0 bridgehead atoms. The fourth-order valence-corrected chi connectivity index (χ4v) is 4.76. The normalized spacial score (nSPS) is 33.1. The van der Waals surface area contributed by atoms with Crippen LogP contribution in [0, 0.1) is 0 Å². The van der Waals surface area contributed by atoms with Crippen molar-refractivity contribution in [1.29, 1.82) is 0 Å². The molecule has 2 aliphatic rings. The van der Waals surface area contributed by atoms with Crippen LogP contribution in [0.25, 0.3) is 0 Å². The van der Waals surface area contributed by atoms with Gasteiger partial charge < -0.3 is 13.8 Å². The van der Waals surface area contributed by atoms with Crippen LogP contribution in [0.15, 0.2) is 30.3 Å². The van der Waals surface area contributed by atoms with E-state index in [0.29, 0.717) is 6.54 Å². The summed E-state index contributed by atoms with van der Waals surface area (Å²) in [4.78, 5) is 12.0. The summed E-state index contributed by atoms with van der Waals surface area (Å²) in [7, 11) is -1.62. The molecule has 0 N–H and O–H groups in total. The topological polar surface area (TPSA) is 48.0 Å². The molecule has 0 radical (unpaired) electrons. The Kier molecular flexibility index (Phi) is 5.82. The van der Waals surface area contributed by atoms with Crippen LogP contribution in [-0.4, -0.2) is 42.1 Å². The molecule has 7 heteroatoms. The monoisotopic (exact) mass is 355 g/mol. The van der Waals surface area contributed by atoms with Gasteiger partial charge in [0.2, 0.25) is 0 Å². The maximum Gasteiger partial charge on any atom is 0.293 e. The molecule has 5 nitrogen and oxygen atoms in total. The molecule has 0 spiro atoms. The number of alkyl halides is 1. The van der Waals surface area contributed by atoms with E-state index in [2.05, 4.69) is 0 Å². The number of nitrogens with zero attached hydrogens (tertiary/aromatic N) is 1. The van der Waals surface area contributed by atoms with Crippen LogP contribution in [0.5, 0.6) is 0 Å². The minimum Gasteiger partial charge on any atom is -0.372 e. The van der Waals surface area contributed by atoms with Gasteiger partial charge in [-0.25, -0.2) is 4.39 Å². The zero-order valence-electron chi connectivity index (χ0n) is 13.9. The predicted molar refractivity (Wildman–Crippen MR) is 89.0 cm³/mol. The van der Waals surface area contributed by atoms with Gasteiger partial charge in [0.15, 0.2) is 6.67 Å². The van der Waals surface area contributed by atoms with Crippen LogP contribution in [0.2, 0.25) is 0 Å². The third-order valence-corrected chi connectivity index (χ3v) is 6.01. The highest BCUT2D eigenvalue weighted by Gasteiger charge is 2.43. The van der Waals surface area contributed by atoms with Crippen molar-refractivity contribution < 1.29 is 23.0 Å². The van der Waals surface area contributed by atoms with Gasteiger partial charge in [0.25, 0.3) is 14.4 Å². The average Bonchev–Trinajstić information content (AvgIpc) is 3.18. The second kappa shape index (κ2) is 7.87. The number of hydrogen-bond acceptors (Lipinski definition) is 4. The van der Waals surface area contributed by atoms with Crippen molar-refractivity contribution in [2.24, 2.45) is 0 Å². The van der Waals surface area contributed by atoms with E-state index < -0.39 is 21.1 Å². The molecule has 3 unspecified atom stereocenters. The molecule has 0 aromatic heterocycles. The molecule has 2 fully saturated rings. The minimum absolute atomic E-state index is 0.01000. The van der Waals surface area contributed by atoms with Gasteiger partial charge >= 0.3 is 0 Å². The van der Waals surface area contributed by atoms with Gasteiger partial charge in [-0.2, -0.15) is 0 Å². The Morgan fingerprint density at radius 3 is 2.83 bits per heavy atom. The Morgan fingerprint density at radius 1 is 1.42 bits per heavy atom. The summed E-state index contributed by atoms with van der Waals surface area (Å²) < 4.78 is 32.3. The third kappa shape index (κ3) is 3.77. The number of amides is 1. The molecule has 2 heterocycles. The first-order valence-electron chi connectivity index (χ1n) is 8.32. The van der Waals surface area contributed by atoms with E-state index in [1.165, 1.54) is 4.67 Å². The highest BCUT2D eigenvalue weighted by atomic mass is 31.2. The van der Waals surface area contributed by atoms with Gasteiger partial charge in [-0.05, 0) is 18.9 Å². The lowest BCUT2D eigenvalue weighted by Crippen LogP contribution is -2.29. The number of halogens is 1. The van der Waals surface area contributed by atoms with E-state index in [-0.39, 0.29) is 24.4 Å². The Morgan fingerprint density at radius 2 is 2.17 bits per heavy atom. The average molecular weight is 355 g/mol. The smallest absolute Gasteiger partial charge is 0.293 e. The number of hydrogen-bond donors (Lipinski definition) is 0. The van der Waals surface area contributed by atoms with Crippen LogP contribution >= 0.6 is 8.53 Å². The van der Waals surface area contributed by atoms with Gasteiger partial charge in [0, 0.05) is 6.42 Å². The highest BCUT2D eigenvalue weighted by molar-refractivity contribution is 7.45. The van der Waals surface area contributed by atoms with Gasteiger partial charge in [-0.3, -0.25) is 9.46 Å². The van der Waals surface area contributed by atoms with Crippen LogP contribution in [-0.2, 0) is 18.6 Å². The molecule has 2 saturated heterocycles. The lowest BCUT2D eigenvalue weighted by molar-refractivity contribution is -0.127. The maximum atomic E-state index is 12.9.